The molecule has 0 aromatic carbocycles. The summed E-state index contributed by atoms with van der Waals surface area (Å²) in [7, 11) is 0. The Morgan fingerprint density at radius 1 is 1.03 bits per heavy atom. The van der Waals surface area contributed by atoms with Gasteiger partial charge in [0, 0.05) is 0 Å². The van der Waals surface area contributed by atoms with Crippen molar-refractivity contribution in [2.75, 3.05) is 13.1 Å². The highest BCUT2D eigenvalue weighted by molar-refractivity contribution is 5.93. The summed E-state index contributed by atoms with van der Waals surface area (Å²) in [6.07, 6.45) is -0.466. The monoisotopic (exact) mass is 418 g/mol. The van der Waals surface area contributed by atoms with Crippen LogP contribution in [0.4, 0.5) is 0 Å². The van der Waals surface area contributed by atoms with E-state index < -0.39 is 66.8 Å². The van der Waals surface area contributed by atoms with Gasteiger partial charge in [0.25, 0.3) is 0 Å². The highest BCUT2D eigenvalue weighted by Crippen LogP contribution is 2.02. The number of carbonyl (C=O) groups excluding carboxylic acids is 4. The molecule has 0 aliphatic carbocycles. The zero-order valence-corrected chi connectivity index (χ0v) is 16.2. The number of aliphatic hydroxyl groups excluding tert-OH is 1. The molecule has 0 saturated carbocycles. The van der Waals surface area contributed by atoms with Crippen LogP contribution in [-0.4, -0.2) is 77.1 Å². The lowest BCUT2D eigenvalue weighted by atomic mass is 10.1. The van der Waals surface area contributed by atoms with E-state index in [-0.39, 0.29) is 6.42 Å². The van der Waals surface area contributed by atoms with E-state index in [9.17, 15) is 29.1 Å². The molecule has 4 unspecified atom stereocenters. The van der Waals surface area contributed by atoms with Gasteiger partial charge in [-0.15, -0.1) is 0 Å². The normalized spacial score (nSPS) is 14.8. The first-order valence-electron chi connectivity index (χ1n) is 9.01. The molecule has 0 bridgehead atoms. The van der Waals surface area contributed by atoms with Crippen LogP contribution in [0.25, 0.3) is 0 Å². The number of unbranched alkanes of at least 4 members (excludes halogenated alkanes) is 1. The summed E-state index contributed by atoms with van der Waals surface area (Å²) in [5.74, 6) is -4.53. The molecule has 4 amide bonds. The Kier molecular flexibility index (Phi) is 12.1. The molecule has 0 spiro atoms. The minimum Gasteiger partial charge on any atom is -0.480 e. The molecule has 0 heterocycles. The number of hydrogen-bond acceptors (Lipinski definition) is 8. The minimum atomic E-state index is -1.54. The maximum atomic E-state index is 12.3. The second-order valence-electron chi connectivity index (χ2n) is 6.46. The second kappa shape index (κ2) is 13.4. The van der Waals surface area contributed by atoms with Gasteiger partial charge >= 0.3 is 5.97 Å². The van der Waals surface area contributed by atoms with Crippen LogP contribution in [-0.2, 0) is 24.0 Å². The molecule has 0 aliphatic heterocycles. The molecule has 0 aromatic heterocycles. The van der Waals surface area contributed by atoms with Crippen LogP contribution in [0, 0.1) is 0 Å². The molecule has 4 atom stereocenters. The maximum Gasteiger partial charge on any atom is 0.328 e. The molecule has 0 rings (SSSR count). The van der Waals surface area contributed by atoms with Gasteiger partial charge in [0.2, 0.25) is 23.6 Å². The maximum absolute atomic E-state index is 12.3. The number of carbonyl (C=O) groups is 5. The highest BCUT2D eigenvalue weighted by atomic mass is 16.4. The van der Waals surface area contributed by atoms with E-state index in [2.05, 4.69) is 16.0 Å². The SMILES string of the molecule is CC(O)C(NC(=O)CNC(=O)C(CCCCN)NC(=O)C(N)CC(N)=O)C(=O)O. The summed E-state index contributed by atoms with van der Waals surface area (Å²) in [6.45, 7) is 0.990. The number of rotatable bonds is 14. The topological polar surface area (TPSA) is 240 Å². The van der Waals surface area contributed by atoms with E-state index in [0.29, 0.717) is 19.4 Å². The zero-order valence-electron chi connectivity index (χ0n) is 16.2. The quantitative estimate of drug-likeness (QED) is 0.128. The first kappa shape index (κ1) is 26.2. The van der Waals surface area contributed by atoms with Crippen LogP contribution in [0.2, 0.25) is 0 Å². The van der Waals surface area contributed by atoms with Gasteiger partial charge in [-0.1, -0.05) is 0 Å². The summed E-state index contributed by atoms with van der Waals surface area (Å²) in [6, 6.07) is -3.82. The molecule has 0 aromatic rings. The molecular weight excluding hydrogens is 388 g/mol. The molecule has 166 valence electrons. The van der Waals surface area contributed by atoms with E-state index in [4.69, 9.17) is 22.3 Å². The highest BCUT2D eigenvalue weighted by Gasteiger charge is 2.27. The Morgan fingerprint density at radius 3 is 2.14 bits per heavy atom. The number of primary amides is 1. The van der Waals surface area contributed by atoms with Gasteiger partial charge in [-0.2, -0.15) is 0 Å². The van der Waals surface area contributed by atoms with Crippen LogP contribution in [0.3, 0.4) is 0 Å². The lowest BCUT2D eigenvalue weighted by Gasteiger charge is -2.21. The number of carboxylic acid groups (broad SMARTS) is 1. The summed E-state index contributed by atoms with van der Waals surface area (Å²) in [4.78, 5) is 58.0. The van der Waals surface area contributed by atoms with Gasteiger partial charge in [-0.3, -0.25) is 19.2 Å². The molecule has 0 radical (unpaired) electrons. The van der Waals surface area contributed by atoms with Crippen molar-refractivity contribution in [2.45, 2.75) is 56.8 Å². The van der Waals surface area contributed by atoms with E-state index in [1.807, 2.05) is 0 Å². The smallest absolute Gasteiger partial charge is 0.328 e. The molecule has 13 nitrogen and oxygen atoms in total. The average Bonchev–Trinajstić information content (AvgIpc) is 2.62. The Bertz CT molecular complexity index is 598. The number of nitrogens with one attached hydrogen (secondary N) is 3. The van der Waals surface area contributed by atoms with E-state index in [1.54, 1.807) is 0 Å². The van der Waals surface area contributed by atoms with Crippen molar-refractivity contribution in [1.82, 2.24) is 16.0 Å². The lowest BCUT2D eigenvalue weighted by molar-refractivity contribution is -0.144. The van der Waals surface area contributed by atoms with Crippen molar-refractivity contribution in [1.29, 1.82) is 0 Å². The standard InChI is InChI=1S/C16H30N6O7/c1-8(23)13(16(28)29)22-12(25)7-20-15(27)10(4-2-3-5-17)21-14(26)9(18)6-11(19)24/h8-10,13,23H,2-7,17-18H2,1H3,(H2,19,24)(H,20,27)(H,21,26)(H,22,25)(H,28,29). The number of aliphatic carboxylic acids is 1. The molecule has 13 heteroatoms. The number of carboxylic acids is 1. The Morgan fingerprint density at radius 2 is 1.66 bits per heavy atom. The zero-order chi connectivity index (χ0) is 22.6. The third-order valence-electron chi connectivity index (χ3n) is 3.83. The van der Waals surface area contributed by atoms with Crippen LogP contribution in [0.15, 0.2) is 0 Å². The third kappa shape index (κ3) is 11.0. The fourth-order valence-corrected chi connectivity index (χ4v) is 2.25. The number of nitrogens with two attached hydrogens (primary N) is 3. The van der Waals surface area contributed by atoms with Crippen LogP contribution in [0.1, 0.15) is 32.6 Å². The van der Waals surface area contributed by atoms with E-state index in [1.165, 1.54) is 6.92 Å². The lowest BCUT2D eigenvalue weighted by Crippen LogP contribution is -2.54. The number of hydrogen-bond donors (Lipinski definition) is 8. The van der Waals surface area contributed by atoms with Gasteiger partial charge in [0.1, 0.15) is 6.04 Å². The van der Waals surface area contributed by atoms with E-state index >= 15 is 0 Å². The number of amides is 4. The van der Waals surface area contributed by atoms with Gasteiger partial charge in [0.05, 0.1) is 25.1 Å². The molecule has 29 heavy (non-hydrogen) atoms. The Balaban J connectivity index is 4.86. The molecule has 11 N–H and O–H groups in total. The largest absolute Gasteiger partial charge is 0.480 e. The Labute approximate surface area is 167 Å². The van der Waals surface area contributed by atoms with Crippen molar-refractivity contribution in [3.8, 4) is 0 Å². The predicted molar refractivity (Wildman–Crippen MR) is 101 cm³/mol. The molecule has 0 saturated heterocycles. The molecular formula is C16H30N6O7. The first-order chi connectivity index (χ1) is 13.5. The van der Waals surface area contributed by atoms with Crippen LogP contribution in [0.5, 0.6) is 0 Å². The van der Waals surface area contributed by atoms with Crippen molar-refractivity contribution < 1.29 is 34.2 Å². The fraction of sp³-hybridized carbons (Fsp3) is 0.688. The summed E-state index contributed by atoms with van der Waals surface area (Å²) >= 11 is 0. The summed E-state index contributed by atoms with van der Waals surface area (Å²) in [5.41, 5.74) is 15.9. The van der Waals surface area contributed by atoms with Crippen molar-refractivity contribution >= 4 is 29.6 Å². The minimum absolute atomic E-state index is 0.200. The van der Waals surface area contributed by atoms with Gasteiger partial charge in [-0.25, -0.2) is 4.79 Å². The predicted octanol–water partition coefficient (Wildman–Crippen LogP) is -4.13. The first-order valence-corrected chi connectivity index (χ1v) is 9.01. The Hall–Kier alpha value is -2.77. The summed E-state index contributed by atoms with van der Waals surface area (Å²) < 4.78 is 0. The van der Waals surface area contributed by atoms with E-state index in [0.717, 1.165) is 0 Å². The van der Waals surface area contributed by atoms with Crippen molar-refractivity contribution in [2.24, 2.45) is 17.2 Å². The van der Waals surface area contributed by atoms with Gasteiger partial charge < -0.3 is 43.4 Å². The average molecular weight is 418 g/mol. The fourth-order valence-electron chi connectivity index (χ4n) is 2.25. The molecule has 0 aliphatic rings. The van der Waals surface area contributed by atoms with Crippen molar-refractivity contribution in [3.05, 3.63) is 0 Å². The third-order valence-corrected chi connectivity index (χ3v) is 3.83. The van der Waals surface area contributed by atoms with Gasteiger partial charge in [-0.05, 0) is 32.7 Å². The second-order valence-corrected chi connectivity index (χ2v) is 6.46. The van der Waals surface area contributed by atoms with Crippen molar-refractivity contribution in [3.63, 3.8) is 0 Å². The summed E-state index contributed by atoms with van der Waals surface area (Å²) in [5, 5.41) is 25.0. The molecule has 0 fully saturated rings. The van der Waals surface area contributed by atoms with Gasteiger partial charge in [0.15, 0.2) is 6.04 Å². The van der Waals surface area contributed by atoms with Crippen LogP contribution >= 0.6 is 0 Å². The van der Waals surface area contributed by atoms with Crippen LogP contribution < -0.4 is 33.2 Å². The number of aliphatic hydroxyl groups is 1.